The van der Waals surface area contributed by atoms with Crippen LogP contribution in [0.4, 0.5) is 0 Å². The Morgan fingerprint density at radius 1 is 1.41 bits per heavy atom. The first-order valence-corrected chi connectivity index (χ1v) is 6.33. The molecule has 1 aliphatic heterocycles. The summed E-state index contributed by atoms with van der Waals surface area (Å²) >= 11 is 0. The zero-order valence-corrected chi connectivity index (χ0v) is 9.73. The minimum absolute atomic E-state index is 0.0792. The topological polar surface area (TPSA) is 95.8 Å². The number of carbonyl (C=O) groups is 1. The van der Waals surface area contributed by atoms with Crippen LogP contribution in [-0.2, 0) is 14.8 Å². The van der Waals surface area contributed by atoms with Gasteiger partial charge in [-0.3, -0.25) is 9.71 Å². The molecule has 1 atom stereocenters. The van der Waals surface area contributed by atoms with Gasteiger partial charge < -0.3 is 5.11 Å². The molecule has 0 saturated heterocycles. The van der Waals surface area contributed by atoms with E-state index in [0.717, 1.165) is 0 Å². The third-order valence-electron chi connectivity index (χ3n) is 2.34. The Morgan fingerprint density at radius 2 is 2.06 bits per heavy atom. The fourth-order valence-corrected chi connectivity index (χ4v) is 2.72. The molecule has 1 heterocycles. The lowest BCUT2D eigenvalue weighted by Crippen LogP contribution is -2.25. The summed E-state index contributed by atoms with van der Waals surface area (Å²) in [6.45, 7) is 1.38. The molecule has 0 aromatic heterocycles. The van der Waals surface area contributed by atoms with Gasteiger partial charge in [-0.15, -0.1) is 0 Å². The molecule has 0 bridgehead atoms. The molecule has 0 fully saturated rings. The summed E-state index contributed by atoms with van der Waals surface area (Å²) in [6, 6.07) is 5.30. The summed E-state index contributed by atoms with van der Waals surface area (Å²) in [5.41, 5.74) is 0.403. The van der Waals surface area contributed by atoms with E-state index >= 15 is 0 Å². The average molecular weight is 254 g/mol. The van der Waals surface area contributed by atoms with E-state index in [4.69, 9.17) is 5.11 Å². The molecule has 0 amide bonds. The van der Waals surface area contributed by atoms with Crippen LogP contribution in [0.1, 0.15) is 12.5 Å². The van der Waals surface area contributed by atoms with Gasteiger partial charge in [0.25, 0.3) is 10.0 Å². The summed E-state index contributed by atoms with van der Waals surface area (Å²) < 4.78 is 25.6. The minimum Gasteiger partial charge on any atom is -0.480 e. The zero-order chi connectivity index (χ0) is 12.6. The SMILES string of the molecule is C[C@@H](N=C1NS(=O)(=O)c2ccccc21)C(=O)O. The Hall–Kier alpha value is -1.89. The Kier molecular flexibility index (Phi) is 2.62. The summed E-state index contributed by atoms with van der Waals surface area (Å²) in [7, 11) is -3.60. The van der Waals surface area contributed by atoms with Crippen LogP contribution in [0.15, 0.2) is 34.2 Å². The Morgan fingerprint density at radius 3 is 2.71 bits per heavy atom. The van der Waals surface area contributed by atoms with E-state index in [-0.39, 0.29) is 10.7 Å². The maximum atomic E-state index is 11.7. The lowest BCUT2D eigenvalue weighted by Gasteiger charge is -2.02. The van der Waals surface area contributed by atoms with Gasteiger partial charge in [-0.1, -0.05) is 12.1 Å². The molecule has 1 aromatic rings. The highest BCUT2D eigenvalue weighted by Gasteiger charge is 2.30. The van der Waals surface area contributed by atoms with Gasteiger partial charge in [0.15, 0.2) is 0 Å². The van der Waals surface area contributed by atoms with Gasteiger partial charge in [0.2, 0.25) is 0 Å². The first kappa shape index (κ1) is 11.6. The molecule has 0 aliphatic carbocycles. The number of fused-ring (bicyclic) bond motifs is 1. The third kappa shape index (κ3) is 2.01. The van der Waals surface area contributed by atoms with Crippen molar-refractivity contribution in [2.75, 3.05) is 0 Å². The number of carboxylic acid groups (broad SMARTS) is 1. The van der Waals surface area contributed by atoms with Crippen LogP contribution in [-0.4, -0.2) is 31.4 Å². The number of carboxylic acids is 1. The summed E-state index contributed by atoms with van der Waals surface area (Å²) in [6.07, 6.45) is 0. The smallest absolute Gasteiger partial charge is 0.328 e. The van der Waals surface area contributed by atoms with Crippen molar-refractivity contribution in [2.45, 2.75) is 17.9 Å². The average Bonchev–Trinajstić information content (AvgIpc) is 2.51. The highest BCUT2D eigenvalue weighted by Crippen LogP contribution is 2.22. The number of aliphatic carboxylic acids is 1. The molecule has 0 radical (unpaired) electrons. The Labute approximate surface area is 98.0 Å². The minimum atomic E-state index is -3.60. The molecule has 7 heteroatoms. The molecule has 90 valence electrons. The number of amidine groups is 1. The van der Waals surface area contributed by atoms with Gasteiger partial charge in [-0.05, 0) is 19.1 Å². The predicted octanol–water partition coefficient (Wildman–Crippen LogP) is 0.198. The second-order valence-corrected chi connectivity index (χ2v) is 5.24. The van der Waals surface area contributed by atoms with Crippen molar-refractivity contribution < 1.29 is 18.3 Å². The summed E-state index contributed by atoms with van der Waals surface area (Å²) in [5, 5.41) is 8.74. The van der Waals surface area contributed by atoms with Crippen LogP contribution in [0.5, 0.6) is 0 Å². The maximum absolute atomic E-state index is 11.7. The number of benzene rings is 1. The second kappa shape index (κ2) is 3.85. The fraction of sp³-hybridized carbons (Fsp3) is 0.200. The number of hydrogen-bond donors (Lipinski definition) is 2. The van der Waals surface area contributed by atoms with E-state index < -0.39 is 22.0 Å². The van der Waals surface area contributed by atoms with Crippen LogP contribution in [0.2, 0.25) is 0 Å². The van der Waals surface area contributed by atoms with Gasteiger partial charge >= 0.3 is 5.97 Å². The van der Waals surface area contributed by atoms with Crippen molar-refractivity contribution in [1.82, 2.24) is 4.72 Å². The Balaban J connectivity index is 2.53. The highest BCUT2D eigenvalue weighted by molar-refractivity contribution is 7.90. The highest BCUT2D eigenvalue weighted by atomic mass is 32.2. The van der Waals surface area contributed by atoms with E-state index in [9.17, 15) is 13.2 Å². The molecular formula is C10H10N2O4S. The number of rotatable bonds is 2. The monoisotopic (exact) mass is 254 g/mol. The molecule has 1 aliphatic rings. The molecule has 1 aromatic carbocycles. The van der Waals surface area contributed by atoms with Gasteiger partial charge in [0.1, 0.15) is 11.9 Å². The Bertz CT molecular complexity index is 606. The quantitative estimate of drug-likeness (QED) is 0.787. The van der Waals surface area contributed by atoms with Crippen LogP contribution >= 0.6 is 0 Å². The summed E-state index contributed by atoms with van der Waals surface area (Å²) in [5.74, 6) is -1.03. The van der Waals surface area contributed by atoms with Crippen molar-refractivity contribution in [2.24, 2.45) is 4.99 Å². The number of sulfonamides is 1. The normalized spacial score (nSPS) is 20.6. The van der Waals surface area contributed by atoms with Crippen LogP contribution in [0.3, 0.4) is 0 Å². The van der Waals surface area contributed by atoms with Gasteiger partial charge in [-0.25, -0.2) is 13.2 Å². The van der Waals surface area contributed by atoms with E-state index in [1.54, 1.807) is 18.2 Å². The lowest BCUT2D eigenvalue weighted by molar-refractivity contribution is -0.137. The standard InChI is InChI=1S/C10H10N2O4S/c1-6(10(13)14)11-9-7-4-2-3-5-8(7)17(15,16)12-9/h2-6H,1H3,(H,11,12)(H,13,14)/t6-/m1/s1. The molecule has 0 unspecified atom stereocenters. The van der Waals surface area contributed by atoms with Crippen molar-refractivity contribution >= 4 is 21.8 Å². The number of nitrogens with one attached hydrogen (secondary N) is 1. The van der Waals surface area contributed by atoms with Crippen molar-refractivity contribution in [3.8, 4) is 0 Å². The van der Waals surface area contributed by atoms with Gasteiger partial charge in [0.05, 0.1) is 4.90 Å². The molecular weight excluding hydrogens is 244 g/mol. The second-order valence-electron chi connectivity index (χ2n) is 3.59. The first-order valence-electron chi connectivity index (χ1n) is 4.84. The predicted molar refractivity (Wildman–Crippen MR) is 60.4 cm³/mol. The first-order chi connectivity index (χ1) is 7.92. The van der Waals surface area contributed by atoms with Gasteiger partial charge in [-0.2, -0.15) is 0 Å². The molecule has 2 N–H and O–H groups in total. The van der Waals surface area contributed by atoms with E-state index in [2.05, 4.69) is 9.71 Å². The molecule has 0 spiro atoms. The van der Waals surface area contributed by atoms with E-state index in [0.29, 0.717) is 5.56 Å². The fourth-order valence-electron chi connectivity index (χ4n) is 1.48. The van der Waals surface area contributed by atoms with Crippen LogP contribution in [0, 0.1) is 0 Å². The third-order valence-corrected chi connectivity index (χ3v) is 3.74. The number of hydrogen-bond acceptors (Lipinski definition) is 4. The molecule has 6 nitrogen and oxygen atoms in total. The van der Waals surface area contributed by atoms with Crippen molar-refractivity contribution in [1.29, 1.82) is 0 Å². The molecule has 2 rings (SSSR count). The largest absolute Gasteiger partial charge is 0.480 e. The number of nitrogens with zero attached hydrogens (tertiary/aromatic N) is 1. The lowest BCUT2D eigenvalue weighted by atomic mass is 10.2. The van der Waals surface area contributed by atoms with Crippen LogP contribution < -0.4 is 4.72 Å². The maximum Gasteiger partial charge on any atom is 0.328 e. The molecule has 17 heavy (non-hydrogen) atoms. The van der Waals surface area contributed by atoms with Gasteiger partial charge in [0, 0.05) is 5.56 Å². The van der Waals surface area contributed by atoms with E-state index in [1.165, 1.54) is 13.0 Å². The van der Waals surface area contributed by atoms with Crippen LogP contribution in [0.25, 0.3) is 0 Å². The molecule has 0 saturated carbocycles. The number of aliphatic imine (C=N–C) groups is 1. The van der Waals surface area contributed by atoms with E-state index in [1.807, 2.05) is 0 Å². The van der Waals surface area contributed by atoms with Crippen molar-refractivity contribution in [3.63, 3.8) is 0 Å². The zero-order valence-electron chi connectivity index (χ0n) is 8.91. The van der Waals surface area contributed by atoms with Crippen molar-refractivity contribution in [3.05, 3.63) is 29.8 Å². The summed E-state index contributed by atoms with van der Waals surface area (Å²) in [4.78, 5) is 14.6.